The van der Waals surface area contributed by atoms with Gasteiger partial charge in [0.25, 0.3) is 0 Å². The van der Waals surface area contributed by atoms with Crippen molar-refractivity contribution in [3.8, 4) is 5.75 Å². The summed E-state index contributed by atoms with van der Waals surface area (Å²) in [5.41, 5.74) is -1.24. The molecule has 5 fully saturated rings. The largest absolute Gasteiger partial charge is 0.464 e. The molecule has 7 rings (SSSR count). The van der Waals surface area contributed by atoms with Gasteiger partial charge in [0.15, 0.2) is 11.9 Å². The fourth-order valence-corrected chi connectivity index (χ4v) is 6.66. The lowest BCUT2D eigenvalue weighted by Crippen LogP contribution is -2.70. The van der Waals surface area contributed by atoms with Crippen molar-refractivity contribution in [2.24, 2.45) is 23.7 Å². The van der Waals surface area contributed by atoms with Crippen LogP contribution in [0.15, 0.2) is 33.5 Å². The smallest absolute Gasteiger partial charge is 0.351 e. The molecule has 1 aromatic heterocycles. The molecular formula is C27H32O9. The van der Waals surface area contributed by atoms with Gasteiger partial charge in [-0.15, -0.1) is 0 Å². The van der Waals surface area contributed by atoms with Gasteiger partial charge in [-0.25, -0.2) is 19.4 Å². The Kier molecular flexibility index (Phi) is 5.68. The molecule has 194 valence electrons. The Morgan fingerprint density at radius 1 is 1.11 bits per heavy atom. The van der Waals surface area contributed by atoms with Crippen LogP contribution in [0, 0.1) is 23.7 Å². The summed E-state index contributed by atoms with van der Waals surface area (Å²) < 4.78 is 29.5. The van der Waals surface area contributed by atoms with Crippen LogP contribution < -0.4 is 10.4 Å². The number of hydrogen-bond acceptors (Lipinski definition) is 9. The van der Waals surface area contributed by atoms with E-state index in [0.717, 1.165) is 25.7 Å². The maximum atomic E-state index is 12.4. The molecule has 4 aliphatic heterocycles. The number of fused-ring (bicyclic) bond motifs is 3. The molecule has 5 aliphatic rings. The Hall–Kier alpha value is -2.46. The van der Waals surface area contributed by atoms with Gasteiger partial charge >= 0.3 is 11.6 Å². The van der Waals surface area contributed by atoms with Crippen LogP contribution in [0.3, 0.4) is 0 Å². The Bertz CT molecular complexity index is 1240. The zero-order chi connectivity index (χ0) is 25.2. The van der Waals surface area contributed by atoms with Crippen molar-refractivity contribution in [2.45, 2.75) is 77.3 Å². The van der Waals surface area contributed by atoms with Gasteiger partial charge in [0.1, 0.15) is 16.9 Å². The molecule has 4 saturated heterocycles. The van der Waals surface area contributed by atoms with Crippen LogP contribution >= 0.6 is 0 Å². The minimum absolute atomic E-state index is 0.000184. The lowest BCUT2D eigenvalue weighted by molar-refractivity contribution is -0.575. The molecule has 1 spiro atoms. The number of rotatable bonds is 4. The summed E-state index contributed by atoms with van der Waals surface area (Å²) in [5.74, 6) is -0.179. The predicted molar refractivity (Wildman–Crippen MR) is 126 cm³/mol. The van der Waals surface area contributed by atoms with Gasteiger partial charge in [0, 0.05) is 29.7 Å². The number of carbonyl (C=O) groups is 1. The van der Waals surface area contributed by atoms with Gasteiger partial charge in [-0.05, 0) is 63.1 Å². The van der Waals surface area contributed by atoms with Crippen molar-refractivity contribution in [3.63, 3.8) is 0 Å². The van der Waals surface area contributed by atoms with E-state index in [1.54, 1.807) is 25.1 Å². The van der Waals surface area contributed by atoms with E-state index in [0.29, 0.717) is 22.6 Å². The summed E-state index contributed by atoms with van der Waals surface area (Å²) in [6.07, 6.45) is 2.57. The van der Waals surface area contributed by atoms with E-state index in [1.807, 2.05) is 6.92 Å². The van der Waals surface area contributed by atoms with Crippen molar-refractivity contribution in [1.29, 1.82) is 0 Å². The van der Waals surface area contributed by atoms with Crippen molar-refractivity contribution in [2.75, 3.05) is 6.61 Å². The monoisotopic (exact) mass is 500 g/mol. The van der Waals surface area contributed by atoms with E-state index in [2.05, 4.69) is 13.8 Å². The van der Waals surface area contributed by atoms with Crippen molar-refractivity contribution in [1.82, 2.24) is 0 Å². The first-order chi connectivity index (χ1) is 17.2. The molecule has 9 nitrogen and oxygen atoms in total. The summed E-state index contributed by atoms with van der Waals surface area (Å²) in [7, 11) is 0. The molecule has 1 aromatic carbocycles. The summed E-state index contributed by atoms with van der Waals surface area (Å²) in [4.78, 5) is 36.5. The van der Waals surface area contributed by atoms with Gasteiger partial charge in [-0.1, -0.05) is 13.8 Å². The first-order valence-electron chi connectivity index (χ1n) is 12.9. The lowest BCUT2D eigenvalue weighted by Gasteiger charge is -2.60. The second-order valence-electron chi connectivity index (χ2n) is 10.8. The van der Waals surface area contributed by atoms with E-state index < -0.39 is 35.6 Å². The molecule has 8 atom stereocenters. The molecule has 5 heterocycles. The molecule has 36 heavy (non-hydrogen) atoms. The van der Waals surface area contributed by atoms with E-state index in [1.165, 1.54) is 6.07 Å². The Morgan fingerprint density at radius 2 is 1.94 bits per heavy atom. The third-order valence-corrected chi connectivity index (χ3v) is 8.55. The van der Waals surface area contributed by atoms with Crippen LogP contribution in [0.4, 0.5) is 0 Å². The van der Waals surface area contributed by atoms with E-state index in [9.17, 15) is 9.59 Å². The minimum atomic E-state index is -0.856. The molecule has 0 radical (unpaired) electrons. The Morgan fingerprint density at radius 3 is 2.75 bits per heavy atom. The zero-order valence-electron chi connectivity index (χ0n) is 21.0. The SMILES string of the molecule is CCOC(=O)c1cc2ccc(O[C@H]3O[C@@H]4O[C@@]5(C)CC[C@H]6[C@H](C)CC[C@@H]([C@H]3C)[C@@]46OO5)cc2oc1=O. The molecular weight excluding hydrogens is 468 g/mol. The first-order valence-corrected chi connectivity index (χ1v) is 12.9. The zero-order valence-corrected chi connectivity index (χ0v) is 21.0. The number of hydrogen-bond donors (Lipinski definition) is 0. The standard InChI is InChI=1S/C27H32O9/c1-5-30-22(28)18-12-16-7-8-17(13-21(16)32-23(18)29)31-24-15(3)20-9-6-14(2)19-10-11-26(4)34-25(33-24)27(19,20)36-35-26/h7-8,12-15,19-20,24-25H,5-6,9-11H2,1-4H3/t14-,15-,19+,20+,24+,25-,26-,27-/m1/s1. The van der Waals surface area contributed by atoms with Crippen LogP contribution in [-0.2, 0) is 24.0 Å². The molecule has 0 unspecified atom stereocenters. The molecule has 1 saturated carbocycles. The van der Waals surface area contributed by atoms with Crippen LogP contribution in [-0.4, -0.2) is 36.5 Å². The Labute approximate surface area is 208 Å². The summed E-state index contributed by atoms with van der Waals surface area (Å²) in [6.45, 7) is 8.14. The van der Waals surface area contributed by atoms with E-state index in [4.69, 9.17) is 33.1 Å². The second-order valence-corrected chi connectivity index (χ2v) is 10.8. The number of ether oxygens (including phenoxy) is 4. The average Bonchev–Trinajstić information content (AvgIpc) is 3.08. The van der Waals surface area contributed by atoms with Gasteiger partial charge in [-0.2, -0.15) is 0 Å². The van der Waals surface area contributed by atoms with Gasteiger partial charge in [0.05, 0.1) is 6.61 Å². The summed E-state index contributed by atoms with van der Waals surface area (Å²) in [6, 6.07) is 6.62. The predicted octanol–water partition coefficient (Wildman–Crippen LogP) is 4.56. The number of esters is 1. The van der Waals surface area contributed by atoms with Crippen LogP contribution in [0.5, 0.6) is 5.75 Å². The minimum Gasteiger partial charge on any atom is -0.464 e. The second kappa shape index (κ2) is 8.55. The van der Waals surface area contributed by atoms with Crippen molar-refractivity contribution >= 4 is 16.9 Å². The highest BCUT2D eigenvalue weighted by Crippen LogP contribution is 2.60. The molecule has 2 bridgehead atoms. The third kappa shape index (κ3) is 3.59. The molecule has 0 amide bonds. The van der Waals surface area contributed by atoms with Gasteiger partial charge in [0.2, 0.25) is 12.1 Å². The Balaban J connectivity index is 1.29. The highest BCUT2D eigenvalue weighted by atomic mass is 17.3. The molecule has 2 aromatic rings. The summed E-state index contributed by atoms with van der Waals surface area (Å²) >= 11 is 0. The molecule has 9 heteroatoms. The number of carbonyl (C=O) groups excluding carboxylic acids is 1. The van der Waals surface area contributed by atoms with E-state index in [-0.39, 0.29) is 29.9 Å². The van der Waals surface area contributed by atoms with Gasteiger partial charge in [-0.3, -0.25) is 0 Å². The molecule has 0 N–H and O–H groups in total. The molecule has 1 aliphatic carbocycles. The average molecular weight is 501 g/mol. The van der Waals surface area contributed by atoms with Gasteiger partial charge < -0.3 is 23.4 Å². The quantitative estimate of drug-likeness (QED) is 0.340. The first kappa shape index (κ1) is 23.9. The van der Waals surface area contributed by atoms with E-state index >= 15 is 0 Å². The fraction of sp³-hybridized carbons (Fsp3) is 0.630. The van der Waals surface area contributed by atoms with Crippen LogP contribution in [0.2, 0.25) is 0 Å². The topological polar surface area (TPSA) is 103 Å². The normalized spacial score (nSPS) is 39.3. The van der Waals surface area contributed by atoms with Crippen LogP contribution in [0.1, 0.15) is 63.7 Å². The van der Waals surface area contributed by atoms with Crippen molar-refractivity contribution in [3.05, 3.63) is 40.2 Å². The van der Waals surface area contributed by atoms with Crippen molar-refractivity contribution < 1.29 is 37.9 Å². The third-order valence-electron chi connectivity index (χ3n) is 8.55. The van der Waals surface area contributed by atoms with Crippen LogP contribution in [0.25, 0.3) is 11.0 Å². The lowest BCUT2D eigenvalue weighted by atomic mass is 9.58. The highest BCUT2D eigenvalue weighted by molar-refractivity contribution is 5.93. The summed E-state index contributed by atoms with van der Waals surface area (Å²) in [5, 5.41) is 0.591. The fourth-order valence-electron chi connectivity index (χ4n) is 6.66. The number of benzene rings is 1. The maximum Gasteiger partial charge on any atom is 0.351 e. The maximum absolute atomic E-state index is 12.4. The highest BCUT2D eigenvalue weighted by Gasteiger charge is 2.69.